The zero-order chi connectivity index (χ0) is 26.8. The SMILES string of the molecule is CCC(CC)(CCCCOCCCCC(CC)(CC)CCCOP(=O)(O)O)CCCOP(=O)(O)O. The van der Waals surface area contributed by atoms with Crippen molar-refractivity contribution in [1.82, 2.24) is 0 Å². The minimum absolute atomic E-state index is 0.0909. The van der Waals surface area contributed by atoms with Gasteiger partial charge in [0.25, 0.3) is 0 Å². The van der Waals surface area contributed by atoms with E-state index < -0.39 is 15.6 Å². The van der Waals surface area contributed by atoms with Crippen LogP contribution in [0.2, 0.25) is 0 Å². The maximum atomic E-state index is 10.8. The third-order valence-corrected chi connectivity index (χ3v) is 8.75. The first kappa shape index (κ1) is 35.2. The van der Waals surface area contributed by atoms with E-state index in [1.54, 1.807) is 0 Å². The molecule has 11 heteroatoms. The molecule has 0 fully saturated rings. The Morgan fingerprint density at radius 2 is 0.829 bits per heavy atom. The molecule has 0 radical (unpaired) electrons. The van der Waals surface area contributed by atoms with E-state index in [0.717, 1.165) is 90.3 Å². The molecular weight excluding hydrogens is 494 g/mol. The number of phosphoric ester groups is 2. The van der Waals surface area contributed by atoms with Crippen LogP contribution in [0.3, 0.4) is 0 Å². The number of hydrogen-bond acceptors (Lipinski definition) is 5. The molecule has 0 aromatic heterocycles. The van der Waals surface area contributed by atoms with Crippen LogP contribution in [-0.2, 0) is 22.9 Å². The first-order chi connectivity index (χ1) is 16.4. The van der Waals surface area contributed by atoms with E-state index in [4.69, 9.17) is 24.3 Å². The summed E-state index contributed by atoms with van der Waals surface area (Å²) in [7, 11) is -8.76. The first-order valence-electron chi connectivity index (χ1n) is 13.3. The van der Waals surface area contributed by atoms with Crippen molar-refractivity contribution >= 4 is 15.6 Å². The third kappa shape index (κ3) is 18.1. The number of ether oxygens (including phenoxy) is 1. The van der Waals surface area contributed by atoms with E-state index in [9.17, 15) is 9.13 Å². The fourth-order valence-electron chi connectivity index (χ4n) is 4.94. The number of unbranched alkanes of at least 4 members (excludes halogenated alkanes) is 2. The summed E-state index contributed by atoms with van der Waals surface area (Å²) in [5.74, 6) is 0. The molecule has 9 nitrogen and oxygen atoms in total. The van der Waals surface area contributed by atoms with Gasteiger partial charge in [-0.25, -0.2) is 9.13 Å². The highest BCUT2D eigenvalue weighted by Gasteiger charge is 2.27. The Balaban J connectivity index is 4.07. The fraction of sp³-hybridized carbons (Fsp3) is 1.00. The molecule has 212 valence electrons. The van der Waals surface area contributed by atoms with E-state index in [2.05, 4.69) is 36.7 Å². The molecule has 0 rings (SSSR count). The van der Waals surface area contributed by atoms with Crippen LogP contribution in [0.5, 0.6) is 0 Å². The number of phosphoric acid groups is 2. The van der Waals surface area contributed by atoms with Gasteiger partial charge in [-0.15, -0.1) is 0 Å². The van der Waals surface area contributed by atoms with Gasteiger partial charge in [0.15, 0.2) is 0 Å². The molecule has 0 aromatic rings. The summed E-state index contributed by atoms with van der Waals surface area (Å²) in [6.07, 6.45) is 13.6. The topological polar surface area (TPSA) is 143 Å². The monoisotopic (exact) mass is 546 g/mol. The summed E-state index contributed by atoms with van der Waals surface area (Å²) in [4.78, 5) is 35.3. The van der Waals surface area contributed by atoms with Crippen molar-refractivity contribution in [3.05, 3.63) is 0 Å². The summed E-state index contributed by atoms with van der Waals surface area (Å²) < 4.78 is 36.7. The lowest BCUT2D eigenvalue weighted by molar-refractivity contribution is 0.111. The van der Waals surface area contributed by atoms with E-state index >= 15 is 0 Å². The molecule has 4 N–H and O–H groups in total. The maximum absolute atomic E-state index is 10.8. The minimum Gasteiger partial charge on any atom is -0.381 e. The van der Waals surface area contributed by atoms with Gasteiger partial charge in [-0.3, -0.25) is 9.05 Å². The fourth-order valence-corrected chi connectivity index (χ4v) is 5.67. The average molecular weight is 547 g/mol. The van der Waals surface area contributed by atoms with Crippen molar-refractivity contribution in [2.24, 2.45) is 10.8 Å². The van der Waals surface area contributed by atoms with Crippen molar-refractivity contribution in [1.29, 1.82) is 0 Å². The first-order valence-corrected chi connectivity index (χ1v) is 16.4. The summed E-state index contributed by atoms with van der Waals surface area (Å²) in [6, 6.07) is 0. The van der Waals surface area contributed by atoms with E-state index in [-0.39, 0.29) is 24.0 Å². The molecule has 0 saturated heterocycles. The predicted octanol–water partition coefficient (Wildman–Crippen LogP) is 6.74. The van der Waals surface area contributed by atoms with Crippen LogP contribution in [0.4, 0.5) is 0 Å². The van der Waals surface area contributed by atoms with Gasteiger partial charge < -0.3 is 24.3 Å². The van der Waals surface area contributed by atoms with Crippen LogP contribution in [0, 0.1) is 10.8 Å². The van der Waals surface area contributed by atoms with Crippen LogP contribution in [0.1, 0.15) is 118 Å². The molecule has 0 aromatic carbocycles. The Bertz CT molecular complexity index is 558. The van der Waals surface area contributed by atoms with Crippen LogP contribution in [-0.4, -0.2) is 46.0 Å². The number of rotatable bonds is 24. The van der Waals surface area contributed by atoms with Gasteiger partial charge in [0, 0.05) is 13.2 Å². The highest BCUT2D eigenvalue weighted by Crippen LogP contribution is 2.41. The van der Waals surface area contributed by atoms with Crippen LogP contribution < -0.4 is 0 Å². The second-order valence-corrected chi connectivity index (χ2v) is 12.3. The predicted molar refractivity (Wildman–Crippen MR) is 139 cm³/mol. The summed E-state index contributed by atoms with van der Waals surface area (Å²) in [5, 5.41) is 0. The van der Waals surface area contributed by atoms with Crippen molar-refractivity contribution in [2.45, 2.75) is 118 Å². The molecule has 0 saturated carbocycles. The van der Waals surface area contributed by atoms with Crippen LogP contribution >= 0.6 is 15.6 Å². The van der Waals surface area contributed by atoms with Crippen molar-refractivity contribution in [2.75, 3.05) is 26.4 Å². The maximum Gasteiger partial charge on any atom is 0.469 e. The quantitative estimate of drug-likeness (QED) is 0.0765. The lowest BCUT2D eigenvalue weighted by atomic mass is 9.74. The van der Waals surface area contributed by atoms with Crippen molar-refractivity contribution in [3.8, 4) is 0 Å². The highest BCUT2D eigenvalue weighted by molar-refractivity contribution is 7.46. The zero-order valence-corrected chi connectivity index (χ0v) is 24.2. The van der Waals surface area contributed by atoms with Gasteiger partial charge in [-0.05, 0) is 62.2 Å². The Labute approximate surface area is 213 Å². The highest BCUT2D eigenvalue weighted by atomic mass is 31.2. The molecule has 0 unspecified atom stereocenters. The lowest BCUT2D eigenvalue weighted by Gasteiger charge is -2.32. The molecule has 0 heterocycles. The van der Waals surface area contributed by atoms with Crippen molar-refractivity contribution < 1.29 is 42.5 Å². The van der Waals surface area contributed by atoms with Gasteiger partial charge in [0.1, 0.15) is 0 Å². The Hall–Kier alpha value is 0.180. The summed E-state index contributed by atoms with van der Waals surface area (Å²) in [6.45, 7) is 10.4. The second-order valence-electron chi connectivity index (χ2n) is 9.80. The Morgan fingerprint density at radius 3 is 1.11 bits per heavy atom. The van der Waals surface area contributed by atoms with Gasteiger partial charge in [0.05, 0.1) is 13.2 Å². The van der Waals surface area contributed by atoms with E-state index in [1.807, 2.05) is 0 Å². The molecule has 0 bridgehead atoms. The largest absolute Gasteiger partial charge is 0.469 e. The van der Waals surface area contributed by atoms with Crippen LogP contribution in [0.15, 0.2) is 0 Å². The molecule has 0 amide bonds. The summed E-state index contributed by atoms with van der Waals surface area (Å²) >= 11 is 0. The molecule has 0 aliphatic heterocycles. The van der Waals surface area contributed by atoms with Gasteiger partial charge in [-0.2, -0.15) is 0 Å². The smallest absolute Gasteiger partial charge is 0.381 e. The van der Waals surface area contributed by atoms with Gasteiger partial charge in [-0.1, -0.05) is 66.2 Å². The normalized spacial score (nSPS) is 13.5. The molecule has 0 spiro atoms. The van der Waals surface area contributed by atoms with Gasteiger partial charge >= 0.3 is 15.6 Å². The summed E-state index contributed by atoms with van der Waals surface area (Å²) in [5.41, 5.74) is 0.385. The van der Waals surface area contributed by atoms with Crippen LogP contribution in [0.25, 0.3) is 0 Å². The van der Waals surface area contributed by atoms with E-state index in [1.165, 1.54) is 0 Å². The molecule has 0 aliphatic rings. The zero-order valence-electron chi connectivity index (χ0n) is 22.5. The molecule has 0 aliphatic carbocycles. The number of hydrogen-bond donors (Lipinski definition) is 4. The molecule has 0 atom stereocenters. The molecular formula is C24H52O9P2. The minimum atomic E-state index is -4.38. The van der Waals surface area contributed by atoms with Crippen molar-refractivity contribution in [3.63, 3.8) is 0 Å². The second kappa shape index (κ2) is 18.4. The standard InChI is InChI=1S/C24H52O9P2/c1-5-23(6-2,17-13-21-32-34(25,26)27)15-9-11-19-31-20-12-10-16-24(7-3,8-4)18-14-22-33-35(28,29)30/h5-22H2,1-4H3,(H2,25,26,27)(H2,28,29,30). The average Bonchev–Trinajstić information content (AvgIpc) is 2.79. The Kier molecular flexibility index (Phi) is 18.5. The Morgan fingerprint density at radius 1 is 0.514 bits per heavy atom. The third-order valence-electron chi connectivity index (χ3n) is 7.71. The lowest BCUT2D eigenvalue weighted by Crippen LogP contribution is -2.20. The van der Waals surface area contributed by atoms with Gasteiger partial charge in [0.2, 0.25) is 0 Å². The molecule has 35 heavy (non-hydrogen) atoms. The van der Waals surface area contributed by atoms with E-state index in [0.29, 0.717) is 12.8 Å².